The number of aromatic nitrogens is 1. The Morgan fingerprint density at radius 2 is 2.14 bits per heavy atom. The molecule has 0 saturated carbocycles. The minimum atomic E-state index is 0.217. The van der Waals surface area contributed by atoms with Gasteiger partial charge in [-0.1, -0.05) is 6.42 Å². The zero-order valence-electron chi connectivity index (χ0n) is 13.7. The summed E-state index contributed by atoms with van der Waals surface area (Å²) < 4.78 is 0. The molecule has 0 N–H and O–H groups in total. The minimum Gasteiger partial charge on any atom is -0.340 e. The van der Waals surface area contributed by atoms with Crippen LogP contribution in [0.4, 0.5) is 0 Å². The number of hydrogen-bond acceptors (Lipinski definition) is 3. The number of rotatable bonds is 4. The van der Waals surface area contributed by atoms with Crippen molar-refractivity contribution in [2.24, 2.45) is 0 Å². The Morgan fingerprint density at radius 3 is 2.81 bits per heavy atom. The second kappa shape index (κ2) is 7.03. The quantitative estimate of drug-likeness (QED) is 0.854. The third kappa shape index (κ3) is 4.53. The molecule has 0 aliphatic carbocycles. The van der Waals surface area contributed by atoms with Crippen LogP contribution in [0.1, 0.15) is 42.6 Å². The van der Waals surface area contributed by atoms with E-state index in [1.165, 1.54) is 18.4 Å². The molecule has 4 heteroatoms. The first-order valence-corrected chi connectivity index (χ1v) is 7.84. The Kier molecular flexibility index (Phi) is 5.34. The maximum Gasteiger partial charge on any atom is 0.224 e. The monoisotopic (exact) mass is 289 g/mol. The highest BCUT2D eigenvalue weighted by molar-refractivity contribution is 5.76. The molecule has 0 radical (unpaired) electrons. The van der Waals surface area contributed by atoms with E-state index in [0.717, 1.165) is 24.4 Å². The van der Waals surface area contributed by atoms with E-state index < -0.39 is 0 Å². The SMILES string of the molecule is Cc1cc(C)nc(CN(C)C(=O)CC2CCCCN2C)c1. The van der Waals surface area contributed by atoms with Crippen LogP contribution < -0.4 is 0 Å². The van der Waals surface area contributed by atoms with Crippen molar-refractivity contribution in [3.8, 4) is 0 Å². The highest BCUT2D eigenvalue weighted by atomic mass is 16.2. The van der Waals surface area contributed by atoms with Gasteiger partial charge < -0.3 is 9.80 Å². The van der Waals surface area contributed by atoms with Gasteiger partial charge in [0, 0.05) is 25.2 Å². The molecule has 116 valence electrons. The number of nitrogens with zero attached hydrogens (tertiary/aromatic N) is 3. The largest absolute Gasteiger partial charge is 0.340 e. The van der Waals surface area contributed by atoms with Crippen molar-refractivity contribution in [3.63, 3.8) is 0 Å². The lowest BCUT2D eigenvalue weighted by atomic mass is 9.99. The second-order valence-electron chi connectivity index (χ2n) is 6.36. The highest BCUT2D eigenvalue weighted by Crippen LogP contribution is 2.18. The summed E-state index contributed by atoms with van der Waals surface area (Å²) >= 11 is 0. The molecule has 1 aromatic rings. The van der Waals surface area contributed by atoms with Crippen molar-refractivity contribution < 1.29 is 4.79 Å². The minimum absolute atomic E-state index is 0.217. The van der Waals surface area contributed by atoms with Crippen molar-refractivity contribution in [2.75, 3.05) is 20.6 Å². The molecule has 2 rings (SSSR count). The normalized spacial score (nSPS) is 19.5. The standard InChI is InChI=1S/C17H27N3O/c1-13-9-14(2)18-15(10-13)12-20(4)17(21)11-16-7-5-6-8-19(16)3/h9-10,16H,5-8,11-12H2,1-4H3. The zero-order valence-corrected chi connectivity index (χ0v) is 13.7. The molecule has 1 unspecified atom stereocenters. The van der Waals surface area contributed by atoms with Gasteiger partial charge >= 0.3 is 0 Å². The van der Waals surface area contributed by atoms with E-state index in [-0.39, 0.29) is 5.91 Å². The molecule has 1 saturated heterocycles. The number of likely N-dealkylation sites (tertiary alicyclic amines) is 1. The van der Waals surface area contributed by atoms with Gasteiger partial charge in [0.05, 0.1) is 12.2 Å². The number of amides is 1. The fourth-order valence-corrected chi connectivity index (χ4v) is 3.10. The van der Waals surface area contributed by atoms with Crippen molar-refractivity contribution in [2.45, 2.75) is 52.1 Å². The van der Waals surface area contributed by atoms with Crippen LogP contribution in [0.5, 0.6) is 0 Å². The first-order chi connectivity index (χ1) is 9.95. The van der Waals surface area contributed by atoms with Crippen LogP contribution in [0.25, 0.3) is 0 Å². The van der Waals surface area contributed by atoms with E-state index in [9.17, 15) is 4.79 Å². The summed E-state index contributed by atoms with van der Waals surface area (Å²) in [4.78, 5) is 21.0. The van der Waals surface area contributed by atoms with Crippen LogP contribution in [0, 0.1) is 13.8 Å². The fourth-order valence-electron chi connectivity index (χ4n) is 3.10. The lowest BCUT2D eigenvalue weighted by Gasteiger charge is -2.33. The van der Waals surface area contributed by atoms with Gasteiger partial charge in [-0.25, -0.2) is 0 Å². The maximum absolute atomic E-state index is 12.4. The van der Waals surface area contributed by atoms with Gasteiger partial charge in [0.25, 0.3) is 0 Å². The highest BCUT2D eigenvalue weighted by Gasteiger charge is 2.23. The third-order valence-corrected chi connectivity index (χ3v) is 4.31. The topological polar surface area (TPSA) is 36.4 Å². The van der Waals surface area contributed by atoms with Gasteiger partial charge in [0.1, 0.15) is 0 Å². The molecule has 0 aromatic carbocycles. The van der Waals surface area contributed by atoms with Crippen molar-refractivity contribution in [3.05, 3.63) is 29.1 Å². The molecule has 1 amide bonds. The van der Waals surface area contributed by atoms with Crippen LogP contribution in [0.15, 0.2) is 12.1 Å². The maximum atomic E-state index is 12.4. The fraction of sp³-hybridized carbons (Fsp3) is 0.647. The average molecular weight is 289 g/mol. The molecular weight excluding hydrogens is 262 g/mol. The summed E-state index contributed by atoms with van der Waals surface area (Å²) in [6, 6.07) is 4.52. The number of aryl methyl sites for hydroxylation is 2. The molecule has 2 heterocycles. The van der Waals surface area contributed by atoms with Gasteiger partial charge in [-0.3, -0.25) is 9.78 Å². The van der Waals surface area contributed by atoms with Crippen LogP contribution >= 0.6 is 0 Å². The lowest BCUT2D eigenvalue weighted by Crippen LogP contribution is -2.40. The predicted molar refractivity (Wildman–Crippen MR) is 85.1 cm³/mol. The van der Waals surface area contributed by atoms with Crippen molar-refractivity contribution in [1.82, 2.24) is 14.8 Å². The molecule has 4 nitrogen and oxygen atoms in total. The molecule has 1 aliphatic rings. The number of carbonyl (C=O) groups is 1. The average Bonchev–Trinajstić information content (AvgIpc) is 2.40. The molecule has 21 heavy (non-hydrogen) atoms. The number of carbonyl (C=O) groups excluding carboxylic acids is 1. The Hall–Kier alpha value is -1.42. The summed E-state index contributed by atoms with van der Waals surface area (Å²) in [5.41, 5.74) is 3.18. The summed E-state index contributed by atoms with van der Waals surface area (Å²) in [6.45, 7) is 5.77. The van der Waals surface area contributed by atoms with E-state index in [1.807, 2.05) is 18.9 Å². The molecule has 1 atom stereocenters. The number of pyridine rings is 1. The predicted octanol–water partition coefficient (Wildman–Crippen LogP) is 2.53. The Bertz CT molecular complexity index is 481. The van der Waals surface area contributed by atoms with Crippen LogP contribution in [-0.4, -0.2) is 47.4 Å². The smallest absolute Gasteiger partial charge is 0.224 e. The van der Waals surface area contributed by atoms with E-state index >= 15 is 0 Å². The number of hydrogen-bond donors (Lipinski definition) is 0. The van der Waals surface area contributed by atoms with E-state index in [4.69, 9.17) is 0 Å². The van der Waals surface area contributed by atoms with Gasteiger partial charge in [0.2, 0.25) is 5.91 Å². The zero-order chi connectivity index (χ0) is 15.4. The van der Waals surface area contributed by atoms with E-state index in [0.29, 0.717) is 19.0 Å². The molecule has 1 aromatic heterocycles. The molecule has 1 aliphatic heterocycles. The van der Waals surface area contributed by atoms with Crippen LogP contribution in [0.2, 0.25) is 0 Å². The summed E-state index contributed by atoms with van der Waals surface area (Å²) in [5.74, 6) is 0.217. The Morgan fingerprint density at radius 1 is 1.38 bits per heavy atom. The number of piperidine rings is 1. The van der Waals surface area contributed by atoms with Gasteiger partial charge in [-0.05, 0) is 58.0 Å². The Balaban J connectivity index is 1.92. The Labute approximate surface area is 128 Å². The summed E-state index contributed by atoms with van der Waals surface area (Å²) in [7, 11) is 4.01. The molecule has 0 spiro atoms. The molecule has 1 fully saturated rings. The first kappa shape index (κ1) is 16.0. The first-order valence-electron chi connectivity index (χ1n) is 7.84. The van der Waals surface area contributed by atoms with Crippen molar-refractivity contribution >= 4 is 5.91 Å². The van der Waals surface area contributed by atoms with E-state index in [1.54, 1.807) is 0 Å². The van der Waals surface area contributed by atoms with Gasteiger partial charge in [0.15, 0.2) is 0 Å². The lowest BCUT2D eigenvalue weighted by molar-refractivity contribution is -0.132. The van der Waals surface area contributed by atoms with Crippen LogP contribution in [0.3, 0.4) is 0 Å². The van der Waals surface area contributed by atoms with Gasteiger partial charge in [-0.2, -0.15) is 0 Å². The summed E-state index contributed by atoms with van der Waals surface area (Å²) in [6.07, 6.45) is 4.25. The second-order valence-corrected chi connectivity index (χ2v) is 6.36. The summed E-state index contributed by atoms with van der Waals surface area (Å²) in [5, 5.41) is 0. The third-order valence-electron chi connectivity index (χ3n) is 4.31. The van der Waals surface area contributed by atoms with Gasteiger partial charge in [-0.15, -0.1) is 0 Å². The van der Waals surface area contributed by atoms with Crippen LogP contribution in [-0.2, 0) is 11.3 Å². The molecule has 0 bridgehead atoms. The van der Waals surface area contributed by atoms with Crippen molar-refractivity contribution in [1.29, 1.82) is 0 Å². The van der Waals surface area contributed by atoms with E-state index in [2.05, 4.69) is 36.0 Å². The molecular formula is C17H27N3O.